The van der Waals surface area contributed by atoms with Gasteiger partial charge in [0.15, 0.2) is 0 Å². The maximum Gasteiger partial charge on any atom is 0.217 e. The minimum Gasteiger partial charge on any atom is -0.390 e. The minimum absolute atomic E-state index is 0.111. The van der Waals surface area contributed by atoms with Gasteiger partial charge in [-0.2, -0.15) is 0 Å². The normalized spacial score (nSPS) is 17.0. The number of nitrogens with one attached hydrogen (secondary N) is 3. The summed E-state index contributed by atoms with van der Waals surface area (Å²) >= 11 is 0. The Bertz CT molecular complexity index is 1110. The topological polar surface area (TPSA) is 90.0 Å². The van der Waals surface area contributed by atoms with Gasteiger partial charge in [-0.3, -0.25) is 4.79 Å². The molecule has 1 aromatic heterocycles. The first-order valence-corrected chi connectivity index (χ1v) is 12.1. The Morgan fingerprint density at radius 1 is 1.14 bits per heavy atom. The van der Waals surface area contributed by atoms with E-state index in [4.69, 9.17) is 0 Å². The van der Waals surface area contributed by atoms with Crippen LogP contribution in [-0.2, 0) is 16.8 Å². The molecule has 1 aliphatic carbocycles. The minimum atomic E-state index is -0.959. The van der Waals surface area contributed by atoms with Crippen molar-refractivity contribution < 1.29 is 18.7 Å². The third-order valence-corrected chi connectivity index (χ3v) is 6.81. The highest BCUT2D eigenvalue weighted by molar-refractivity contribution is 5.73. The van der Waals surface area contributed by atoms with Gasteiger partial charge in [-0.15, -0.1) is 0 Å². The number of hydrogen-bond acceptors (Lipinski definition) is 4. The van der Waals surface area contributed by atoms with Crippen LogP contribution in [0.5, 0.6) is 0 Å². The molecule has 2 atom stereocenters. The maximum atomic E-state index is 13.7. The summed E-state index contributed by atoms with van der Waals surface area (Å²) in [6.45, 7) is 1.58. The summed E-state index contributed by atoms with van der Waals surface area (Å²) in [7, 11) is 0. The lowest BCUT2D eigenvalue weighted by Crippen LogP contribution is -2.53. The van der Waals surface area contributed by atoms with E-state index in [-0.39, 0.29) is 24.4 Å². The number of H-pyrrole nitrogens is 1. The number of aliphatic hydroxyl groups excluding tert-OH is 1. The van der Waals surface area contributed by atoms with Crippen LogP contribution in [-0.4, -0.2) is 39.7 Å². The molecule has 1 saturated carbocycles. The second kappa shape index (κ2) is 11.1. The summed E-state index contributed by atoms with van der Waals surface area (Å²) in [6, 6.07) is 10.9. The largest absolute Gasteiger partial charge is 0.390 e. The van der Waals surface area contributed by atoms with E-state index < -0.39 is 23.8 Å². The first kappa shape index (κ1) is 25.0. The lowest BCUT2D eigenvalue weighted by molar-refractivity contribution is -0.120. The Morgan fingerprint density at radius 3 is 2.54 bits per heavy atom. The fraction of sp³-hybridized carbons (Fsp3) is 0.407. The molecule has 6 nitrogen and oxygen atoms in total. The summed E-state index contributed by atoms with van der Waals surface area (Å²) < 4.78 is 27.4. The predicted octanol–water partition coefficient (Wildman–Crippen LogP) is 4.21. The van der Waals surface area contributed by atoms with Gasteiger partial charge in [-0.25, -0.2) is 13.8 Å². The van der Waals surface area contributed by atoms with Crippen molar-refractivity contribution in [2.24, 2.45) is 0 Å². The zero-order valence-electron chi connectivity index (χ0n) is 19.9. The van der Waals surface area contributed by atoms with Gasteiger partial charge < -0.3 is 20.7 Å². The van der Waals surface area contributed by atoms with E-state index in [1.54, 1.807) is 12.5 Å². The van der Waals surface area contributed by atoms with Crippen molar-refractivity contribution in [1.82, 2.24) is 20.6 Å². The average Bonchev–Trinajstić information content (AvgIpc) is 3.37. The number of aliphatic hydroxyl groups is 1. The fourth-order valence-corrected chi connectivity index (χ4v) is 5.09. The maximum absolute atomic E-state index is 13.7. The van der Waals surface area contributed by atoms with Gasteiger partial charge in [0.05, 0.1) is 30.4 Å². The SMILES string of the molecule is CC(=O)NC(Cc1cc(F)cc(F)c1)C(O)CNC1(c2cccc(-c3cnc[nH]3)c2)CCCCC1. The second-order valence-corrected chi connectivity index (χ2v) is 9.43. The molecule has 35 heavy (non-hydrogen) atoms. The van der Waals surface area contributed by atoms with Crippen LogP contribution in [0.2, 0.25) is 0 Å². The molecular formula is C27H32F2N4O2. The van der Waals surface area contributed by atoms with E-state index in [9.17, 15) is 18.7 Å². The summed E-state index contributed by atoms with van der Waals surface area (Å²) in [5.74, 6) is -1.69. The molecule has 1 aliphatic rings. The molecule has 0 aliphatic heterocycles. The number of benzene rings is 2. The summed E-state index contributed by atoms with van der Waals surface area (Å²) in [4.78, 5) is 19.1. The van der Waals surface area contributed by atoms with Crippen molar-refractivity contribution in [1.29, 1.82) is 0 Å². The lowest BCUT2D eigenvalue weighted by atomic mass is 9.76. The monoisotopic (exact) mass is 482 g/mol. The number of rotatable bonds is 9. The van der Waals surface area contributed by atoms with Crippen LogP contribution < -0.4 is 10.6 Å². The molecule has 2 unspecified atom stereocenters. The third-order valence-electron chi connectivity index (χ3n) is 6.81. The molecule has 8 heteroatoms. The van der Waals surface area contributed by atoms with Gasteiger partial charge in [0.1, 0.15) is 11.6 Å². The quantitative estimate of drug-likeness (QED) is 0.368. The molecule has 186 valence electrons. The van der Waals surface area contributed by atoms with Crippen LogP contribution in [0.1, 0.15) is 50.2 Å². The molecule has 1 amide bonds. The van der Waals surface area contributed by atoms with Gasteiger partial charge in [0, 0.05) is 25.1 Å². The second-order valence-electron chi connectivity index (χ2n) is 9.43. The van der Waals surface area contributed by atoms with Crippen molar-refractivity contribution in [3.63, 3.8) is 0 Å². The Balaban J connectivity index is 1.53. The van der Waals surface area contributed by atoms with Gasteiger partial charge >= 0.3 is 0 Å². The van der Waals surface area contributed by atoms with Gasteiger partial charge in [-0.1, -0.05) is 37.5 Å². The smallest absolute Gasteiger partial charge is 0.217 e. The molecule has 4 N–H and O–H groups in total. The number of imidazole rings is 1. The van der Waals surface area contributed by atoms with Crippen LogP contribution in [0.3, 0.4) is 0 Å². The number of carbonyl (C=O) groups is 1. The highest BCUT2D eigenvalue weighted by Crippen LogP contribution is 2.38. The Kier molecular flexibility index (Phi) is 7.93. The van der Waals surface area contributed by atoms with Crippen molar-refractivity contribution in [3.8, 4) is 11.3 Å². The molecular weight excluding hydrogens is 450 g/mol. The zero-order chi connectivity index (χ0) is 24.8. The molecule has 0 saturated heterocycles. The van der Waals surface area contributed by atoms with Crippen LogP contribution in [0.4, 0.5) is 8.78 Å². The van der Waals surface area contributed by atoms with Gasteiger partial charge in [0.2, 0.25) is 5.91 Å². The van der Waals surface area contributed by atoms with Crippen molar-refractivity contribution >= 4 is 5.91 Å². The summed E-state index contributed by atoms with van der Waals surface area (Å²) in [6.07, 6.45) is 7.73. The number of halogens is 2. The third kappa shape index (κ3) is 6.32. The average molecular weight is 483 g/mol. The van der Waals surface area contributed by atoms with Crippen molar-refractivity contribution in [3.05, 3.63) is 77.8 Å². The lowest BCUT2D eigenvalue weighted by Gasteiger charge is -2.40. The summed E-state index contributed by atoms with van der Waals surface area (Å²) in [5, 5.41) is 17.4. The fourth-order valence-electron chi connectivity index (χ4n) is 5.09. The van der Waals surface area contributed by atoms with Crippen molar-refractivity contribution in [2.75, 3.05) is 6.54 Å². The van der Waals surface area contributed by atoms with Gasteiger partial charge in [-0.05, 0) is 54.2 Å². The zero-order valence-corrected chi connectivity index (χ0v) is 19.9. The highest BCUT2D eigenvalue weighted by atomic mass is 19.1. The van der Waals surface area contributed by atoms with E-state index in [1.807, 2.05) is 12.1 Å². The predicted molar refractivity (Wildman–Crippen MR) is 130 cm³/mol. The van der Waals surface area contributed by atoms with Crippen LogP contribution in [0.25, 0.3) is 11.3 Å². The highest BCUT2D eigenvalue weighted by Gasteiger charge is 2.35. The Labute approximate surface area is 204 Å². The molecule has 1 fully saturated rings. The van der Waals surface area contributed by atoms with E-state index in [2.05, 4.69) is 32.7 Å². The number of aromatic amines is 1. The van der Waals surface area contributed by atoms with Crippen molar-refractivity contribution in [2.45, 2.75) is 63.1 Å². The standard InChI is InChI=1S/C27H32F2N4O2/c1-18(34)33-24(12-19-10-22(28)14-23(29)11-19)26(35)16-32-27(8-3-2-4-9-27)21-7-5-6-20(13-21)25-15-30-17-31-25/h5-7,10-11,13-15,17,24,26,32,35H,2-4,8-9,12,16H2,1H3,(H,30,31)(H,33,34). The molecule has 0 spiro atoms. The number of amides is 1. The molecule has 3 aromatic rings. The van der Waals surface area contributed by atoms with E-state index >= 15 is 0 Å². The number of nitrogens with zero attached hydrogens (tertiary/aromatic N) is 1. The number of hydrogen-bond donors (Lipinski definition) is 4. The summed E-state index contributed by atoms with van der Waals surface area (Å²) in [5.41, 5.74) is 3.17. The Hall–Kier alpha value is -3.10. The number of aromatic nitrogens is 2. The Morgan fingerprint density at radius 2 is 1.89 bits per heavy atom. The first-order chi connectivity index (χ1) is 16.8. The van der Waals surface area contributed by atoms with E-state index in [0.717, 1.165) is 55.0 Å². The molecule has 0 radical (unpaired) electrons. The molecule has 2 aromatic carbocycles. The van der Waals surface area contributed by atoms with E-state index in [1.165, 1.54) is 19.1 Å². The number of carbonyl (C=O) groups excluding carboxylic acids is 1. The first-order valence-electron chi connectivity index (χ1n) is 12.1. The van der Waals surface area contributed by atoms with Crippen LogP contribution in [0.15, 0.2) is 55.0 Å². The molecule has 0 bridgehead atoms. The van der Waals surface area contributed by atoms with E-state index in [0.29, 0.717) is 5.56 Å². The molecule has 4 rings (SSSR count). The molecule has 1 heterocycles. The van der Waals surface area contributed by atoms with Gasteiger partial charge in [0.25, 0.3) is 0 Å². The van der Waals surface area contributed by atoms with Crippen LogP contribution >= 0.6 is 0 Å². The van der Waals surface area contributed by atoms with Crippen LogP contribution in [0, 0.1) is 11.6 Å².